The number of unbranched alkanes of at least 4 members (excludes halogenated alkanes) is 30. The van der Waals surface area contributed by atoms with Crippen LogP contribution < -0.4 is 5.11 Å². The number of aliphatic carboxylic acids is 1. The maximum atomic E-state index is 12.8. The van der Waals surface area contributed by atoms with Gasteiger partial charge >= 0.3 is 11.9 Å². The largest absolute Gasteiger partial charge is 0.545 e. The van der Waals surface area contributed by atoms with E-state index < -0.39 is 24.3 Å². The number of carboxylic acids is 1. The molecule has 0 rings (SSSR count). The predicted molar refractivity (Wildman–Crippen MR) is 274 cm³/mol. The van der Waals surface area contributed by atoms with E-state index in [0.717, 1.165) is 51.4 Å². The van der Waals surface area contributed by atoms with Gasteiger partial charge in [-0.15, -0.1) is 0 Å². The number of nitrogens with zero attached hydrogens (tertiary/aromatic N) is 1. The Morgan fingerprint density at radius 3 is 1.23 bits per heavy atom. The van der Waals surface area contributed by atoms with Crippen molar-refractivity contribution in [2.75, 3.05) is 47.5 Å². The molecule has 0 aliphatic rings. The molecule has 2 unspecified atom stereocenters. The van der Waals surface area contributed by atoms with Gasteiger partial charge in [-0.25, -0.2) is 0 Å². The standard InChI is InChI=1S/C57H105NO8/c1-6-8-10-12-14-16-18-20-22-24-26-27-28-29-30-32-33-35-37-39-41-43-45-47-54(59)64-51-53(52-65-57(56(61)62)63-50-49-58(3,4)5)66-55(60)48-46-44-42-40-38-36-34-31-25-23-21-19-17-15-13-11-9-7-2/h17,19,23-26,53,57H,6-16,18,20-22,27-52H2,1-5H3/b19-17-,25-23-,26-24-. The number of carboxylic acid groups (broad SMARTS) is 1. The molecule has 9 nitrogen and oxygen atoms in total. The molecule has 0 heterocycles. The van der Waals surface area contributed by atoms with Crippen molar-refractivity contribution in [2.45, 2.75) is 264 Å². The summed E-state index contributed by atoms with van der Waals surface area (Å²) in [6.07, 6.45) is 54.7. The lowest BCUT2D eigenvalue weighted by atomic mass is 10.0. The van der Waals surface area contributed by atoms with E-state index in [0.29, 0.717) is 23.9 Å². The second-order valence-corrected chi connectivity index (χ2v) is 19.9. The average molecular weight is 932 g/mol. The summed E-state index contributed by atoms with van der Waals surface area (Å²) < 4.78 is 22.7. The number of esters is 2. The highest BCUT2D eigenvalue weighted by atomic mass is 16.7. The highest BCUT2D eigenvalue weighted by Crippen LogP contribution is 2.16. The molecular formula is C57H105NO8. The Balaban J connectivity index is 4.27. The molecule has 0 amide bonds. The highest BCUT2D eigenvalue weighted by Gasteiger charge is 2.22. The van der Waals surface area contributed by atoms with Gasteiger partial charge in [-0.05, 0) is 70.6 Å². The van der Waals surface area contributed by atoms with Gasteiger partial charge in [-0.3, -0.25) is 9.59 Å². The summed E-state index contributed by atoms with van der Waals surface area (Å²) in [5.74, 6) is -2.28. The summed E-state index contributed by atoms with van der Waals surface area (Å²) in [5, 5.41) is 11.7. The van der Waals surface area contributed by atoms with Crippen LogP contribution in [-0.4, -0.2) is 82.3 Å². The molecule has 0 aromatic carbocycles. The van der Waals surface area contributed by atoms with Crippen LogP contribution in [0.5, 0.6) is 0 Å². The molecule has 0 saturated heterocycles. The van der Waals surface area contributed by atoms with E-state index in [-0.39, 0.29) is 32.2 Å². The third kappa shape index (κ3) is 49.4. The number of hydrogen-bond donors (Lipinski definition) is 0. The number of allylic oxidation sites excluding steroid dienone is 6. The Bertz CT molecular complexity index is 1180. The van der Waals surface area contributed by atoms with E-state index in [4.69, 9.17) is 18.9 Å². The van der Waals surface area contributed by atoms with Crippen LogP contribution in [-0.2, 0) is 33.3 Å². The number of hydrogen-bond acceptors (Lipinski definition) is 8. The molecule has 0 saturated carbocycles. The van der Waals surface area contributed by atoms with E-state index in [1.165, 1.54) is 167 Å². The Morgan fingerprint density at radius 1 is 0.455 bits per heavy atom. The van der Waals surface area contributed by atoms with Crippen molar-refractivity contribution in [3.63, 3.8) is 0 Å². The smallest absolute Gasteiger partial charge is 0.306 e. The molecule has 0 aliphatic heterocycles. The molecule has 66 heavy (non-hydrogen) atoms. The lowest BCUT2D eigenvalue weighted by Crippen LogP contribution is -2.44. The maximum absolute atomic E-state index is 12.8. The van der Waals surface area contributed by atoms with E-state index in [9.17, 15) is 19.5 Å². The summed E-state index contributed by atoms with van der Waals surface area (Å²) in [7, 11) is 5.92. The number of quaternary nitrogens is 1. The van der Waals surface area contributed by atoms with Gasteiger partial charge in [0, 0.05) is 12.8 Å². The Kier molecular flexibility index (Phi) is 47.1. The van der Waals surface area contributed by atoms with Crippen molar-refractivity contribution in [1.82, 2.24) is 0 Å². The summed E-state index contributed by atoms with van der Waals surface area (Å²) in [5.41, 5.74) is 0. The fourth-order valence-electron chi connectivity index (χ4n) is 7.80. The van der Waals surface area contributed by atoms with Crippen molar-refractivity contribution in [1.29, 1.82) is 0 Å². The zero-order valence-corrected chi connectivity index (χ0v) is 43.8. The van der Waals surface area contributed by atoms with Crippen LogP contribution in [0.2, 0.25) is 0 Å². The molecule has 0 bridgehead atoms. The molecule has 0 fully saturated rings. The summed E-state index contributed by atoms with van der Waals surface area (Å²) in [6, 6.07) is 0. The highest BCUT2D eigenvalue weighted by molar-refractivity contribution is 5.70. The average Bonchev–Trinajstić information content (AvgIpc) is 3.28. The fraction of sp³-hybridized carbons (Fsp3) is 0.842. The van der Waals surface area contributed by atoms with Crippen LogP contribution in [0.1, 0.15) is 251 Å². The third-order valence-corrected chi connectivity index (χ3v) is 12.1. The lowest BCUT2D eigenvalue weighted by Gasteiger charge is -2.26. The van der Waals surface area contributed by atoms with Crippen molar-refractivity contribution < 1.29 is 42.9 Å². The maximum Gasteiger partial charge on any atom is 0.306 e. The molecule has 0 spiro atoms. The van der Waals surface area contributed by atoms with Crippen LogP contribution in [0.4, 0.5) is 0 Å². The number of ether oxygens (including phenoxy) is 4. The van der Waals surface area contributed by atoms with Crippen LogP contribution in [0.3, 0.4) is 0 Å². The Morgan fingerprint density at radius 2 is 0.818 bits per heavy atom. The Labute approximate surface area is 407 Å². The van der Waals surface area contributed by atoms with E-state index in [2.05, 4.69) is 50.3 Å². The van der Waals surface area contributed by atoms with Crippen LogP contribution in [0.15, 0.2) is 36.5 Å². The summed E-state index contributed by atoms with van der Waals surface area (Å²) >= 11 is 0. The monoisotopic (exact) mass is 932 g/mol. The number of rotatable bonds is 51. The van der Waals surface area contributed by atoms with E-state index in [1.54, 1.807) is 0 Å². The number of carbonyl (C=O) groups excluding carboxylic acids is 3. The van der Waals surface area contributed by atoms with Crippen molar-refractivity contribution in [3.05, 3.63) is 36.5 Å². The zero-order valence-electron chi connectivity index (χ0n) is 43.8. The van der Waals surface area contributed by atoms with Crippen LogP contribution in [0, 0.1) is 0 Å². The van der Waals surface area contributed by atoms with Gasteiger partial charge in [0.1, 0.15) is 13.2 Å². The summed E-state index contributed by atoms with van der Waals surface area (Å²) in [6.45, 7) is 4.74. The number of carbonyl (C=O) groups is 3. The van der Waals surface area contributed by atoms with Gasteiger partial charge in [0.2, 0.25) is 0 Å². The van der Waals surface area contributed by atoms with Gasteiger partial charge in [0.15, 0.2) is 12.4 Å². The molecule has 0 radical (unpaired) electrons. The topological polar surface area (TPSA) is 111 Å². The van der Waals surface area contributed by atoms with Gasteiger partial charge in [0.25, 0.3) is 0 Å². The first kappa shape index (κ1) is 63.5. The van der Waals surface area contributed by atoms with Gasteiger partial charge < -0.3 is 33.3 Å². The van der Waals surface area contributed by atoms with Crippen molar-refractivity contribution >= 4 is 17.9 Å². The van der Waals surface area contributed by atoms with Crippen molar-refractivity contribution in [3.8, 4) is 0 Å². The lowest BCUT2D eigenvalue weighted by molar-refractivity contribution is -0.870. The molecule has 386 valence electrons. The minimum absolute atomic E-state index is 0.146. The summed E-state index contributed by atoms with van der Waals surface area (Å²) in [4.78, 5) is 37.2. The molecule has 0 N–H and O–H groups in total. The van der Waals surface area contributed by atoms with Gasteiger partial charge in [-0.1, -0.05) is 204 Å². The molecule has 9 heteroatoms. The SMILES string of the molecule is CCCCCC/C=C\C/C=C\CCCCCCCCCC(=O)OC(COC(=O)CCCCCCCCCCCCC/C=C\CCCCCCCCCC)COC(OCC[N+](C)(C)C)C(=O)[O-]. The van der Waals surface area contributed by atoms with Crippen molar-refractivity contribution in [2.24, 2.45) is 0 Å². The van der Waals surface area contributed by atoms with Gasteiger partial charge in [-0.2, -0.15) is 0 Å². The fourth-order valence-corrected chi connectivity index (χ4v) is 7.80. The minimum atomic E-state index is -1.62. The minimum Gasteiger partial charge on any atom is -0.545 e. The molecule has 2 atom stereocenters. The molecular weight excluding hydrogens is 827 g/mol. The zero-order chi connectivity index (χ0) is 48.4. The normalized spacial score (nSPS) is 13.0. The third-order valence-electron chi connectivity index (χ3n) is 12.1. The first-order valence-electron chi connectivity index (χ1n) is 27.6. The number of likely N-dealkylation sites (N-methyl/N-ethyl adjacent to an activating group) is 1. The van der Waals surface area contributed by atoms with Gasteiger partial charge in [0.05, 0.1) is 40.3 Å². The quantitative estimate of drug-likeness (QED) is 0.0195. The molecule has 0 aromatic heterocycles. The van der Waals surface area contributed by atoms with E-state index >= 15 is 0 Å². The van der Waals surface area contributed by atoms with E-state index in [1.807, 2.05) is 21.1 Å². The van der Waals surface area contributed by atoms with Crippen LogP contribution in [0.25, 0.3) is 0 Å². The second-order valence-electron chi connectivity index (χ2n) is 19.9. The second kappa shape index (κ2) is 48.9. The Hall–Kier alpha value is -2.49. The first-order valence-corrected chi connectivity index (χ1v) is 27.6. The van der Waals surface area contributed by atoms with Crippen LogP contribution >= 0.6 is 0 Å². The predicted octanol–water partition coefficient (Wildman–Crippen LogP) is 14.4. The molecule has 0 aliphatic carbocycles. The first-order chi connectivity index (χ1) is 32.1. The molecule has 0 aromatic rings.